The summed E-state index contributed by atoms with van der Waals surface area (Å²) >= 11 is 0. The summed E-state index contributed by atoms with van der Waals surface area (Å²) in [6.45, 7) is 0.247. The lowest BCUT2D eigenvalue weighted by atomic mass is 10.4. The molecule has 0 rings (SSSR count). The Morgan fingerprint density at radius 1 is 1.50 bits per heavy atom. The maximum absolute atomic E-state index is 7.88. The van der Waals surface area contributed by atoms with Gasteiger partial charge in [-0.1, -0.05) is 0 Å². The zero-order valence-corrected chi connectivity index (χ0v) is 5.84. The maximum atomic E-state index is 7.88. The van der Waals surface area contributed by atoms with Gasteiger partial charge in [0.1, 0.15) is 6.04 Å². The minimum atomic E-state index is -0.481. The highest BCUT2D eigenvalue weighted by atomic mass is 35.5. The molecule has 0 aromatic heterocycles. The topological polar surface area (TPSA) is 75.8 Å². The highest BCUT2D eigenvalue weighted by Crippen LogP contribution is 1.60. The minimum absolute atomic E-state index is 0. The van der Waals surface area contributed by atoms with Crippen LogP contribution in [-0.4, -0.2) is 12.6 Å². The smallest absolute Gasteiger partial charge is 0.105 e. The Hall–Kier alpha value is -0.0100. The van der Waals surface area contributed by atoms with E-state index in [1.54, 1.807) is 6.07 Å². The van der Waals surface area contributed by atoms with Crippen molar-refractivity contribution in [2.24, 2.45) is 11.5 Å². The molecular weight excluding hydrogens is 149 g/mol. The third-order valence-corrected chi connectivity index (χ3v) is 0.420. The second-order valence-electron chi connectivity index (χ2n) is 0.971. The molecule has 0 saturated heterocycles. The van der Waals surface area contributed by atoms with Crippen LogP contribution in [0.2, 0.25) is 0 Å². The van der Waals surface area contributed by atoms with Gasteiger partial charge < -0.3 is 11.5 Å². The van der Waals surface area contributed by atoms with Gasteiger partial charge in [0.2, 0.25) is 0 Å². The molecule has 4 N–H and O–H groups in total. The molecule has 0 heterocycles. The number of hydrogen-bond donors (Lipinski definition) is 2. The van der Waals surface area contributed by atoms with Gasteiger partial charge in [-0.3, -0.25) is 0 Å². The maximum Gasteiger partial charge on any atom is 0.105 e. The van der Waals surface area contributed by atoms with Gasteiger partial charge in [-0.05, 0) is 0 Å². The second-order valence-corrected chi connectivity index (χ2v) is 0.971. The molecule has 0 radical (unpaired) electrons. The van der Waals surface area contributed by atoms with E-state index in [1.807, 2.05) is 0 Å². The van der Waals surface area contributed by atoms with Crippen molar-refractivity contribution in [3.05, 3.63) is 0 Å². The molecule has 0 aromatic carbocycles. The van der Waals surface area contributed by atoms with Crippen molar-refractivity contribution in [2.45, 2.75) is 6.04 Å². The Morgan fingerprint density at radius 3 is 1.88 bits per heavy atom. The van der Waals surface area contributed by atoms with Gasteiger partial charge in [-0.2, -0.15) is 5.26 Å². The molecule has 1 unspecified atom stereocenters. The van der Waals surface area contributed by atoms with Crippen molar-refractivity contribution in [2.75, 3.05) is 6.54 Å². The van der Waals surface area contributed by atoms with Crippen LogP contribution in [0.3, 0.4) is 0 Å². The van der Waals surface area contributed by atoms with Crippen LogP contribution in [0.15, 0.2) is 0 Å². The van der Waals surface area contributed by atoms with Crippen molar-refractivity contribution in [3.63, 3.8) is 0 Å². The predicted molar refractivity (Wildman–Crippen MR) is 37.1 cm³/mol. The van der Waals surface area contributed by atoms with Crippen LogP contribution in [0.1, 0.15) is 0 Å². The number of rotatable bonds is 1. The molecule has 8 heavy (non-hydrogen) atoms. The first-order chi connectivity index (χ1) is 2.81. The number of hydrogen-bond acceptors (Lipinski definition) is 3. The quantitative estimate of drug-likeness (QED) is 0.547. The molecule has 0 amide bonds. The largest absolute Gasteiger partial charge is 0.328 e. The van der Waals surface area contributed by atoms with E-state index >= 15 is 0 Å². The first kappa shape index (κ1) is 15.7. The summed E-state index contributed by atoms with van der Waals surface area (Å²) in [4.78, 5) is 0. The molecule has 0 aliphatic rings. The molecule has 50 valence electrons. The molecule has 5 heteroatoms. The first-order valence-corrected chi connectivity index (χ1v) is 1.66. The Morgan fingerprint density at radius 2 is 1.88 bits per heavy atom. The molecule has 3 nitrogen and oxygen atoms in total. The van der Waals surface area contributed by atoms with E-state index < -0.39 is 6.04 Å². The average molecular weight is 158 g/mol. The predicted octanol–water partition coefficient (Wildman–Crippen LogP) is -0.360. The Balaban J connectivity index is -0.000000125. The van der Waals surface area contributed by atoms with Crippen molar-refractivity contribution in [1.29, 1.82) is 5.26 Å². The van der Waals surface area contributed by atoms with E-state index in [0.29, 0.717) is 0 Å². The van der Waals surface area contributed by atoms with Gasteiger partial charge in [0.15, 0.2) is 0 Å². The third kappa shape index (κ3) is 9.37. The van der Waals surface area contributed by atoms with Crippen LogP contribution in [0.5, 0.6) is 0 Å². The summed E-state index contributed by atoms with van der Waals surface area (Å²) in [6, 6.07) is 1.29. The van der Waals surface area contributed by atoms with E-state index in [9.17, 15) is 0 Å². The lowest BCUT2D eigenvalue weighted by Crippen LogP contribution is -2.27. The Kier molecular flexibility index (Phi) is 19.7. The lowest BCUT2D eigenvalue weighted by molar-refractivity contribution is 0.836. The zero-order chi connectivity index (χ0) is 4.99. The van der Waals surface area contributed by atoms with Crippen LogP contribution in [0.25, 0.3) is 0 Å². The van der Waals surface area contributed by atoms with E-state index in [1.165, 1.54) is 0 Å². The molecule has 0 fully saturated rings. The van der Waals surface area contributed by atoms with Crippen LogP contribution in [-0.2, 0) is 0 Å². The lowest BCUT2D eigenvalue weighted by Gasteiger charge is -1.89. The van der Waals surface area contributed by atoms with Crippen molar-refractivity contribution in [1.82, 2.24) is 0 Å². The highest BCUT2D eigenvalue weighted by Gasteiger charge is 1.88. The summed E-state index contributed by atoms with van der Waals surface area (Å²) in [6.07, 6.45) is 0. The van der Waals surface area contributed by atoms with Gasteiger partial charge in [0.05, 0.1) is 6.07 Å². The Bertz CT molecular complexity index is 69.4. The zero-order valence-electron chi connectivity index (χ0n) is 4.20. The number of nitrogens with two attached hydrogens (primary N) is 2. The summed E-state index contributed by atoms with van der Waals surface area (Å²) < 4.78 is 0. The van der Waals surface area contributed by atoms with Crippen LogP contribution >= 0.6 is 24.8 Å². The summed E-state index contributed by atoms with van der Waals surface area (Å²) in [7, 11) is 0. The first-order valence-electron chi connectivity index (χ1n) is 1.66. The van der Waals surface area contributed by atoms with E-state index in [0.717, 1.165) is 0 Å². The van der Waals surface area contributed by atoms with Crippen molar-refractivity contribution < 1.29 is 0 Å². The fourth-order valence-corrected chi connectivity index (χ4v) is 0.0527. The fraction of sp³-hybridized carbons (Fsp3) is 0.667. The molecule has 0 aromatic rings. The molecule has 1 atom stereocenters. The SMILES string of the molecule is Cl.Cl.N#CC(N)CN. The normalized spacial score (nSPS) is 9.62. The summed E-state index contributed by atoms with van der Waals surface area (Å²) in [5.74, 6) is 0. The fourth-order valence-electron chi connectivity index (χ4n) is 0.0527. The van der Waals surface area contributed by atoms with E-state index in [2.05, 4.69) is 0 Å². The van der Waals surface area contributed by atoms with Gasteiger partial charge in [-0.25, -0.2) is 0 Å². The minimum Gasteiger partial charge on any atom is -0.328 e. The molecule has 0 bridgehead atoms. The van der Waals surface area contributed by atoms with Crippen LogP contribution in [0, 0.1) is 11.3 Å². The average Bonchev–Trinajstić information content (AvgIpc) is 1.65. The Labute approximate surface area is 60.8 Å². The second kappa shape index (κ2) is 10.1. The molecule has 0 aliphatic heterocycles. The molecule has 0 spiro atoms. The molecular formula is C3H9Cl2N3. The van der Waals surface area contributed by atoms with Crippen molar-refractivity contribution >= 4 is 24.8 Å². The number of nitriles is 1. The molecule has 0 aliphatic carbocycles. The summed E-state index contributed by atoms with van der Waals surface area (Å²) in [5, 5.41) is 7.88. The van der Waals surface area contributed by atoms with Crippen molar-refractivity contribution in [3.8, 4) is 6.07 Å². The monoisotopic (exact) mass is 157 g/mol. The van der Waals surface area contributed by atoms with Crippen LogP contribution < -0.4 is 11.5 Å². The van der Waals surface area contributed by atoms with Gasteiger partial charge in [0, 0.05) is 6.54 Å². The van der Waals surface area contributed by atoms with Gasteiger partial charge >= 0.3 is 0 Å². The summed E-state index contributed by atoms with van der Waals surface area (Å²) in [5.41, 5.74) is 9.92. The van der Waals surface area contributed by atoms with E-state index in [-0.39, 0.29) is 31.4 Å². The van der Waals surface area contributed by atoms with Crippen LogP contribution in [0.4, 0.5) is 0 Å². The van der Waals surface area contributed by atoms with E-state index in [4.69, 9.17) is 16.7 Å². The van der Waals surface area contributed by atoms with Gasteiger partial charge in [-0.15, -0.1) is 24.8 Å². The highest BCUT2D eigenvalue weighted by molar-refractivity contribution is 5.85. The number of nitrogens with zero attached hydrogens (tertiary/aromatic N) is 1. The van der Waals surface area contributed by atoms with Gasteiger partial charge in [0.25, 0.3) is 0 Å². The number of halogens is 2. The molecule has 0 saturated carbocycles. The third-order valence-electron chi connectivity index (χ3n) is 0.420. The standard InChI is InChI=1S/C3H7N3.2ClH/c4-1-3(6)2-5;;/h3H,1,4,6H2;2*1H.